The smallest absolute Gasteiger partial charge is 0.276 e. The standard InChI is InChI=1S/C18H21N3O3S/c1-3-13-7-5-6-8-15(13)24-12-16(22)20-21-18(23)14-9-10-19-17(11-14)25-4-2/h5-11H,3-4,12H2,1-2H3,(H,20,22)(H,21,23). The van der Waals surface area contributed by atoms with Gasteiger partial charge in [0.2, 0.25) is 0 Å². The molecular formula is C18H21N3O3S. The van der Waals surface area contributed by atoms with Crippen molar-refractivity contribution < 1.29 is 14.3 Å². The minimum absolute atomic E-state index is 0.176. The molecule has 2 rings (SSSR count). The van der Waals surface area contributed by atoms with Crippen LogP contribution in [0.2, 0.25) is 0 Å². The number of nitrogens with one attached hydrogen (secondary N) is 2. The lowest BCUT2D eigenvalue weighted by Gasteiger charge is -2.11. The molecule has 1 aromatic carbocycles. The minimum Gasteiger partial charge on any atom is -0.483 e. The summed E-state index contributed by atoms with van der Waals surface area (Å²) in [5.74, 6) is 0.701. The zero-order chi connectivity index (χ0) is 18.1. The van der Waals surface area contributed by atoms with Crippen molar-refractivity contribution in [2.75, 3.05) is 12.4 Å². The van der Waals surface area contributed by atoms with Crippen LogP contribution in [0.1, 0.15) is 29.8 Å². The van der Waals surface area contributed by atoms with Crippen molar-refractivity contribution >= 4 is 23.6 Å². The van der Waals surface area contributed by atoms with E-state index in [-0.39, 0.29) is 6.61 Å². The Morgan fingerprint density at radius 3 is 2.72 bits per heavy atom. The van der Waals surface area contributed by atoms with Crippen LogP contribution in [0.3, 0.4) is 0 Å². The van der Waals surface area contributed by atoms with E-state index in [4.69, 9.17) is 4.74 Å². The third-order valence-corrected chi connectivity index (χ3v) is 4.12. The first-order valence-corrected chi connectivity index (χ1v) is 9.01. The molecular weight excluding hydrogens is 338 g/mol. The number of aryl methyl sites for hydroxylation is 1. The van der Waals surface area contributed by atoms with Gasteiger partial charge in [0.05, 0.1) is 5.03 Å². The van der Waals surface area contributed by atoms with Gasteiger partial charge in [-0.05, 0) is 35.9 Å². The lowest BCUT2D eigenvalue weighted by Crippen LogP contribution is -2.43. The highest BCUT2D eigenvalue weighted by molar-refractivity contribution is 7.99. The van der Waals surface area contributed by atoms with Crippen LogP contribution in [0, 0.1) is 0 Å². The topological polar surface area (TPSA) is 80.3 Å². The fraction of sp³-hybridized carbons (Fsp3) is 0.278. The van der Waals surface area contributed by atoms with Crippen molar-refractivity contribution in [1.29, 1.82) is 0 Å². The summed E-state index contributed by atoms with van der Waals surface area (Å²) in [5.41, 5.74) is 6.19. The molecule has 2 aromatic rings. The van der Waals surface area contributed by atoms with Gasteiger partial charge >= 0.3 is 0 Å². The summed E-state index contributed by atoms with van der Waals surface area (Å²) in [4.78, 5) is 28.1. The van der Waals surface area contributed by atoms with Gasteiger partial charge in [0.15, 0.2) is 6.61 Å². The molecule has 7 heteroatoms. The molecule has 0 aliphatic heterocycles. The number of pyridine rings is 1. The molecule has 0 unspecified atom stereocenters. The monoisotopic (exact) mass is 359 g/mol. The zero-order valence-electron chi connectivity index (χ0n) is 14.2. The highest BCUT2D eigenvalue weighted by atomic mass is 32.2. The molecule has 0 spiro atoms. The molecule has 0 saturated heterocycles. The molecule has 0 saturated carbocycles. The summed E-state index contributed by atoms with van der Waals surface area (Å²) in [6.45, 7) is 3.85. The Labute approximate surface area is 151 Å². The lowest BCUT2D eigenvalue weighted by molar-refractivity contribution is -0.123. The fourth-order valence-corrected chi connectivity index (χ4v) is 2.73. The van der Waals surface area contributed by atoms with Crippen LogP contribution in [-0.4, -0.2) is 29.2 Å². The first-order valence-electron chi connectivity index (χ1n) is 8.02. The Morgan fingerprint density at radius 1 is 1.16 bits per heavy atom. The van der Waals surface area contributed by atoms with Gasteiger partial charge in [-0.15, -0.1) is 11.8 Å². The zero-order valence-corrected chi connectivity index (χ0v) is 15.1. The second-order valence-corrected chi connectivity index (χ2v) is 6.35. The molecule has 2 amide bonds. The fourth-order valence-electron chi connectivity index (χ4n) is 2.09. The normalized spacial score (nSPS) is 10.2. The molecule has 0 radical (unpaired) electrons. The Kier molecular flexibility index (Phi) is 7.28. The number of amides is 2. The number of hydrogen-bond acceptors (Lipinski definition) is 5. The Hall–Kier alpha value is -2.54. The number of thioether (sulfide) groups is 1. The number of ether oxygens (including phenoxy) is 1. The van der Waals surface area contributed by atoms with Crippen LogP contribution >= 0.6 is 11.8 Å². The summed E-state index contributed by atoms with van der Waals surface area (Å²) >= 11 is 1.54. The van der Waals surface area contributed by atoms with E-state index in [2.05, 4.69) is 15.8 Å². The Balaban J connectivity index is 1.83. The van der Waals surface area contributed by atoms with Gasteiger partial charge in [-0.3, -0.25) is 20.4 Å². The molecule has 1 heterocycles. The minimum atomic E-state index is -0.434. The summed E-state index contributed by atoms with van der Waals surface area (Å²) in [6.07, 6.45) is 2.38. The highest BCUT2D eigenvalue weighted by Crippen LogP contribution is 2.18. The predicted molar refractivity (Wildman–Crippen MR) is 97.6 cm³/mol. The molecule has 25 heavy (non-hydrogen) atoms. The third-order valence-electron chi connectivity index (χ3n) is 3.32. The maximum atomic E-state index is 12.1. The van der Waals surface area contributed by atoms with E-state index in [0.29, 0.717) is 11.3 Å². The van der Waals surface area contributed by atoms with Crippen molar-refractivity contribution in [3.63, 3.8) is 0 Å². The number of nitrogens with zero attached hydrogens (tertiary/aromatic N) is 1. The summed E-state index contributed by atoms with van der Waals surface area (Å²) < 4.78 is 5.50. The lowest BCUT2D eigenvalue weighted by atomic mass is 10.1. The quantitative estimate of drug-likeness (QED) is 0.587. The van der Waals surface area contributed by atoms with Crippen LogP contribution in [0.25, 0.3) is 0 Å². The van der Waals surface area contributed by atoms with E-state index in [9.17, 15) is 9.59 Å². The van der Waals surface area contributed by atoms with Gasteiger partial charge in [0.25, 0.3) is 11.8 Å². The second kappa shape index (κ2) is 9.68. The Bertz CT molecular complexity index is 737. The summed E-state index contributed by atoms with van der Waals surface area (Å²) in [7, 11) is 0. The SMILES string of the molecule is CCSc1cc(C(=O)NNC(=O)COc2ccccc2CC)ccn1. The van der Waals surface area contributed by atoms with E-state index >= 15 is 0 Å². The number of rotatable bonds is 7. The molecule has 1 aromatic heterocycles. The van der Waals surface area contributed by atoms with Crippen LogP contribution in [0.5, 0.6) is 5.75 Å². The van der Waals surface area contributed by atoms with Crippen molar-refractivity contribution in [2.24, 2.45) is 0 Å². The number of carbonyl (C=O) groups excluding carboxylic acids is 2. The predicted octanol–water partition coefficient (Wildman–Crippen LogP) is 2.60. The first-order chi connectivity index (χ1) is 12.1. The van der Waals surface area contributed by atoms with Crippen LogP contribution < -0.4 is 15.6 Å². The number of carbonyl (C=O) groups is 2. The average Bonchev–Trinajstić information content (AvgIpc) is 2.65. The molecule has 0 aliphatic carbocycles. The van der Waals surface area contributed by atoms with Crippen molar-refractivity contribution in [1.82, 2.24) is 15.8 Å². The van der Waals surface area contributed by atoms with Gasteiger partial charge in [-0.1, -0.05) is 32.0 Å². The van der Waals surface area contributed by atoms with Gasteiger partial charge in [-0.25, -0.2) is 4.98 Å². The summed E-state index contributed by atoms with van der Waals surface area (Å²) in [6, 6.07) is 10.8. The van der Waals surface area contributed by atoms with Gasteiger partial charge < -0.3 is 4.74 Å². The number of hydrogen-bond donors (Lipinski definition) is 2. The second-order valence-electron chi connectivity index (χ2n) is 5.07. The number of benzene rings is 1. The maximum absolute atomic E-state index is 12.1. The van der Waals surface area contributed by atoms with E-state index < -0.39 is 11.8 Å². The Morgan fingerprint density at radius 2 is 1.96 bits per heavy atom. The first kappa shape index (κ1) is 18.8. The molecule has 0 bridgehead atoms. The van der Waals surface area contributed by atoms with Gasteiger partial charge in [0, 0.05) is 11.8 Å². The molecule has 6 nitrogen and oxygen atoms in total. The van der Waals surface area contributed by atoms with Crippen LogP contribution in [0.15, 0.2) is 47.6 Å². The maximum Gasteiger partial charge on any atom is 0.276 e. The van der Waals surface area contributed by atoms with Crippen LogP contribution in [0.4, 0.5) is 0 Å². The number of aromatic nitrogens is 1. The van der Waals surface area contributed by atoms with E-state index in [1.54, 1.807) is 30.1 Å². The highest BCUT2D eigenvalue weighted by Gasteiger charge is 2.10. The third kappa shape index (κ3) is 5.79. The van der Waals surface area contributed by atoms with E-state index in [1.807, 2.05) is 38.1 Å². The molecule has 0 atom stereocenters. The van der Waals surface area contributed by atoms with Crippen molar-refractivity contribution in [3.8, 4) is 5.75 Å². The van der Waals surface area contributed by atoms with E-state index in [1.165, 1.54) is 0 Å². The summed E-state index contributed by atoms with van der Waals surface area (Å²) in [5, 5.41) is 0.765. The average molecular weight is 359 g/mol. The van der Waals surface area contributed by atoms with Crippen molar-refractivity contribution in [2.45, 2.75) is 25.3 Å². The van der Waals surface area contributed by atoms with Crippen LogP contribution in [-0.2, 0) is 11.2 Å². The molecule has 2 N–H and O–H groups in total. The largest absolute Gasteiger partial charge is 0.483 e. The molecule has 132 valence electrons. The van der Waals surface area contributed by atoms with Gasteiger partial charge in [0.1, 0.15) is 5.75 Å². The van der Waals surface area contributed by atoms with E-state index in [0.717, 1.165) is 22.8 Å². The molecule has 0 fully saturated rings. The number of hydrazine groups is 1. The van der Waals surface area contributed by atoms with Crippen molar-refractivity contribution in [3.05, 3.63) is 53.7 Å². The molecule has 0 aliphatic rings. The number of para-hydroxylation sites is 1. The van der Waals surface area contributed by atoms with Gasteiger partial charge in [-0.2, -0.15) is 0 Å².